The molecule has 0 fully saturated rings. The molecule has 1 aromatic heterocycles. The summed E-state index contributed by atoms with van der Waals surface area (Å²) in [6.07, 6.45) is 0. The SMILES string of the molecule is Cc1c(S(=O)(=O)Cl)c([N+](=O)[O-])nn1C. The van der Waals surface area contributed by atoms with Gasteiger partial charge in [-0.2, -0.15) is 4.68 Å². The molecule has 0 aliphatic rings. The Kier molecular flexibility index (Phi) is 2.50. The molecule has 0 aliphatic carbocycles. The maximum atomic E-state index is 11.0. The molecule has 1 rings (SSSR count). The van der Waals surface area contributed by atoms with Gasteiger partial charge in [-0.15, -0.1) is 0 Å². The quantitative estimate of drug-likeness (QED) is 0.427. The van der Waals surface area contributed by atoms with E-state index < -0.39 is 24.7 Å². The van der Waals surface area contributed by atoms with E-state index in [1.807, 2.05) is 0 Å². The monoisotopic (exact) mass is 239 g/mol. The van der Waals surface area contributed by atoms with Gasteiger partial charge in [-0.25, -0.2) is 8.42 Å². The van der Waals surface area contributed by atoms with Crippen molar-refractivity contribution in [3.05, 3.63) is 15.8 Å². The third-order valence-corrected chi connectivity index (χ3v) is 3.11. The molecule has 0 atom stereocenters. The summed E-state index contributed by atoms with van der Waals surface area (Å²) in [5.41, 5.74) is 0.131. The lowest BCUT2D eigenvalue weighted by atomic mass is 10.4. The molecule has 78 valence electrons. The third kappa shape index (κ3) is 1.70. The van der Waals surface area contributed by atoms with Crippen molar-refractivity contribution in [1.29, 1.82) is 0 Å². The van der Waals surface area contributed by atoms with Gasteiger partial charge in [-0.05, 0) is 11.8 Å². The molecule has 0 unspecified atom stereocenters. The largest absolute Gasteiger partial charge is 0.410 e. The van der Waals surface area contributed by atoms with E-state index in [4.69, 9.17) is 10.7 Å². The first kappa shape index (κ1) is 10.9. The zero-order valence-electron chi connectivity index (χ0n) is 7.26. The van der Waals surface area contributed by atoms with Gasteiger partial charge in [0.1, 0.15) is 0 Å². The van der Waals surface area contributed by atoms with Crippen LogP contribution in [0.15, 0.2) is 4.90 Å². The van der Waals surface area contributed by atoms with Crippen molar-refractivity contribution in [3.8, 4) is 0 Å². The normalized spacial score (nSPS) is 11.6. The lowest BCUT2D eigenvalue weighted by molar-refractivity contribution is -0.392. The Bertz CT molecular complexity index is 491. The van der Waals surface area contributed by atoms with Crippen LogP contribution in [0.3, 0.4) is 0 Å². The van der Waals surface area contributed by atoms with Crippen molar-refractivity contribution in [3.63, 3.8) is 0 Å². The molecule has 0 aliphatic heterocycles. The predicted octanol–water partition coefficient (Wildman–Crippen LogP) is 0.564. The van der Waals surface area contributed by atoms with Crippen LogP contribution in [0.25, 0.3) is 0 Å². The van der Waals surface area contributed by atoms with Crippen LogP contribution < -0.4 is 0 Å². The molecule has 0 bridgehead atoms. The van der Waals surface area contributed by atoms with Gasteiger partial charge >= 0.3 is 5.82 Å². The Balaban J connectivity index is 3.63. The molecule has 0 saturated carbocycles. The van der Waals surface area contributed by atoms with Crippen LogP contribution in [-0.2, 0) is 16.1 Å². The van der Waals surface area contributed by atoms with Gasteiger partial charge in [0.15, 0.2) is 0 Å². The first-order valence-electron chi connectivity index (χ1n) is 3.37. The topological polar surface area (TPSA) is 95.1 Å². The highest BCUT2D eigenvalue weighted by atomic mass is 35.7. The molecule has 9 heteroatoms. The van der Waals surface area contributed by atoms with Crippen molar-refractivity contribution in [2.24, 2.45) is 7.05 Å². The van der Waals surface area contributed by atoms with Gasteiger partial charge in [-0.1, -0.05) is 0 Å². The summed E-state index contributed by atoms with van der Waals surface area (Å²) in [5.74, 6) is -0.750. The summed E-state index contributed by atoms with van der Waals surface area (Å²) in [5, 5.41) is 13.9. The number of aryl methyl sites for hydroxylation is 1. The second kappa shape index (κ2) is 3.21. The van der Waals surface area contributed by atoms with Crippen molar-refractivity contribution >= 4 is 25.6 Å². The molecule has 7 nitrogen and oxygen atoms in total. The van der Waals surface area contributed by atoms with Crippen LogP contribution in [0.1, 0.15) is 5.69 Å². The third-order valence-electron chi connectivity index (χ3n) is 1.68. The number of nitrogens with zero attached hydrogens (tertiary/aromatic N) is 3. The Hall–Kier alpha value is -1.15. The van der Waals surface area contributed by atoms with E-state index in [1.54, 1.807) is 0 Å². The lowest BCUT2D eigenvalue weighted by Gasteiger charge is -1.93. The smallest absolute Gasteiger partial charge is 0.358 e. The van der Waals surface area contributed by atoms with E-state index >= 15 is 0 Å². The summed E-state index contributed by atoms with van der Waals surface area (Å²) in [6, 6.07) is 0. The molecular weight excluding hydrogens is 234 g/mol. The number of nitro groups is 1. The second-order valence-corrected chi connectivity index (χ2v) is 5.06. The number of rotatable bonds is 2. The molecule has 0 aromatic carbocycles. The number of hydrogen-bond acceptors (Lipinski definition) is 5. The number of halogens is 1. The first-order chi connectivity index (χ1) is 6.25. The average Bonchev–Trinajstić information content (AvgIpc) is 2.27. The maximum absolute atomic E-state index is 11.0. The van der Waals surface area contributed by atoms with Gasteiger partial charge in [0, 0.05) is 10.7 Å². The summed E-state index contributed by atoms with van der Waals surface area (Å²) in [4.78, 5) is 9.00. The maximum Gasteiger partial charge on any atom is 0.410 e. The highest BCUT2D eigenvalue weighted by molar-refractivity contribution is 8.13. The first-order valence-corrected chi connectivity index (χ1v) is 5.68. The molecule has 0 N–H and O–H groups in total. The van der Waals surface area contributed by atoms with Crippen LogP contribution in [0, 0.1) is 17.0 Å². The van der Waals surface area contributed by atoms with Gasteiger partial charge in [0.05, 0.1) is 17.8 Å². The van der Waals surface area contributed by atoms with Crippen LogP contribution in [0.2, 0.25) is 0 Å². The molecular formula is C5H6ClN3O4S. The summed E-state index contributed by atoms with van der Waals surface area (Å²) in [7, 11) is 2.30. The average molecular weight is 240 g/mol. The zero-order chi connectivity index (χ0) is 11.1. The minimum absolute atomic E-state index is 0.131. The Morgan fingerprint density at radius 3 is 2.36 bits per heavy atom. The predicted molar refractivity (Wildman–Crippen MR) is 47.6 cm³/mol. The van der Waals surface area contributed by atoms with Crippen LogP contribution in [-0.4, -0.2) is 23.1 Å². The Morgan fingerprint density at radius 2 is 2.07 bits per heavy atom. The van der Waals surface area contributed by atoms with E-state index in [9.17, 15) is 18.5 Å². The van der Waals surface area contributed by atoms with E-state index in [-0.39, 0.29) is 5.69 Å². The van der Waals surface area contributed by atoms with E-state index in [1.165, 1.54) is 14.0 Å². The molecule has 1 aromatic rings. The number of hydrogen-bond donors (Lipinski definition) is 0. The minimum atomic E-state index is -4.14. The number of aromatic nitrogens is 2. The Morgan fingerprint density at radius 1 is 1.57 bits per heavy atom. The van der Waals surface area contributed by atoms with Crippen LogP contribution >= 0.6 is 10.7 Å². The lowest BCUT2D eigenvalue weighted by Crippen LogP contribution is -1.98. The highest BCUT2D eigenvalue weighted by Gasteiger charge is 2.32. The molecule has 14 heavy (non-hydrogen) atoms. The summed E-state index contributed by atoms with van der Waals surface area (Å²) in [6.45, 7) is 1.38. The van der Waals surface area contributed by atoms with Gasteiger partial charge in [-0.3, -0.25) is 0 Å². The molecule has 0 amide bonds. The fourth-order valence-corrected chi connectivity index (χ4v) is 2.34. The van der Waals surface area contributed by atoms with Gasteiger partial charge in [0.2, 0.25) is 4.90 Å². The second-order valence-electron chi connectivity index (χ2n) is 2.56. The fraction of sp³-hybridized carbons (Fsp3) is 0.400. The summed E-state index contributed by atoms with van der Waals surface area (Å²) >= 11 is 0. The minimum Gasteiger partial charge on any atom is -0.358 e. The fourth-order valence-electron chi connectivity index (χ4n) is 0.976. The zero-order valence-corrected chi connectivity index (χ0v) is 8.83. The van der Waals surface area contributed by atoms with E-state index in [0.717, 1.165) is 4.68 Å². The van der Waals surface area contributed by atoms with Gasteiger partial charge < -0.3 is 10.1 Å². The van der Waals surface area contributed by atoms with Crippen molar-refractivity contribution in [1.82, 2.24) is 9.78 Å². The highest BCUT2D eigenvalue weighted by Crippen LogP contribution is 2.28. The molecule has 0 radical (unpaired) electrons. The van der Waals surface area contributed by atoms with E-state index in [2.05, 4.69) is 5.10 Å². The standard InChI is InChI=1S/C5H6ClN3O4S/c1-3-4(14(6,12)13)5(9(10)11)7-8(3)2/h1-2H3. The van der Waals surface area contributed by atoms with Crippen LogP contribution in [0.5, 0.6) is 0 Å². The van der Waals surface area contributed by atoms with Crippen molar-refractivity contribution in [2.45, 2.75) is 11.8 Å². The van der Waals surface area contributed by atoms with Gasteiger partial charge in [0.25, 0.3) is 9.05 Å². The van der Waals surface area contributed by atoms with Crippen molar-refractivity contribution < 1.29 is 13.3 Å². The molecule has 1 heterocycles. The van der Waals surface area contributed by atoms with Crippen molar-refractivity contribution in [2.75, 3.05) is 0 Å². The molecule has 0 saturated heterocycles. The molecule has 0 spiro atoms. The Labute approximate surface area is 83.9 Å². The van der Waals surface area contributed by atoms with Crippen LogP contribution in [0.4, 0.5) is 5.82 Å². The summed E-state index contributed by atoms with van der Waals surface area (Å²) < 4.78 is 23.1. The van der Waals surface area contributed by atoms with E-state index in [0.29, 0.717) is 0 Å².